The Hall–Kier alpha value is -1.85. The number of likely N-dealkylation sites (tertiary alicyclic amines) is 1. The highest BCUT2D eigenvalue weighted by Gasteiger charge is 2.27. The summed E-state index contributed by atoms with van der Waals surface area (Å²) in [7, 11) is 0. The van der Waals surface area contributed by atoms with Crippen molar-refractivity contribution in [2.45, 2.75) is 37.8 Å². The predicted octanol–water partition coefficient (Wildman–Crippen LogP) is 2.23. The van der Waals surface area contributed by atoms with E-state index in [1.807, 2.05) is 41.1 Å². The van der Waals surface area contributed by atoms with E-state index < -0.39 is 0 Å². The molecule has 0 atom stereocenters. The first-order chi connectivity index (χ1) is 11.8. The van der Waals surface area contributed by atoms with Crippen LogP contribution in [-0.4, -0.2) is 46.7 Å². The minimum atomic E-state index is 0.0224. The van der Waals surface area contributed by atoms with Crippen LogP contribution in [0.15, 0.2) is 41.3 Å². The van der Waals surface area contributed by atoms with Gasteiger partial charge in [-0.3, -0.25) is 4.57 Å². The van der Waals surface area contributed by atoms with Gasteiger partial charge in [0.1, 0.15) is 0 Å². The van der Waals surface area contributed by atoms with E-state index in [-0.39, 0.29) is 5.69 Å². The van der Waals surface area contributed by atoms with Crippen molar-refractivity contribution < 1.29 is 0 Å². The fraction of sp³-hybridized carbons (Fsp3) is 0.526. The minimum absolute atomic E-state index is 0.0224. The number of aromatic nitrogens is 2. The fourth-order valence-electron chi connectivity index (χ4n) is 4.15. The molecule has 5 nitrogen and oxygen atoms in total. The summed E-state index contributed by atoms with van der Waals surface area (Å²) in [6, 6.07) is 11.1. The highest BCUT2D eigenvalue weighted by Crippen LogP contribution is 2.26. The number of aromatic amines is 1. The first-order valence-corrected chi connectivity index (χ1v) is 9.12. The van der Waals surface area contributed by atoms with E-state index in [2.05, 4.69) is 15.2 Å². The van der Waals surface area contributed by atoms with Crippen molar-refractivity contribution in [1.82, 2.24) is 19.8 Å². The van der Waals surface area contributed by atoms with Gasteiger partial charge in [-0.15, -0.1) is 0 Å². The lowest BCUT2D eigenvalue weighted by Crippen LogP contribution is -2.47. The summed E-state index contributed by atoms with van der Waals surface area (Å²) in [5, 5.41) is 3.44. The molecule has 0 saturated carbocycles. The Balaban J connectivity index is 1.44. The smallest absolute Gasteiger partial charge is 0.317 e. The van der Waals surface area contributed by atoms with Crippen LogP contribution in [0.1, 0.15) is 31.7 Å². The largest absolute Gasteiger partial charge is 0.326 e. The molecule has 2 saturated heterocycles. The van der Waals surface area contributed by atoms with Crippen LogP contribution < -0.4 is 11.0 Å². The molecule has 1 aromatic carbocycles. The van der Waals surface area contributed by atoms with E-state index in [9.17, 15) is 4.79 Å². The normalized spacial score (nSPS) is 21.2. The van der Waals surface area contributed by atoms with Crippen molar-refractivity contribution in [3.05, 3.63) is 47.0 Å². The van der Waals surface area contributed by atoms with Gasteiger partial charge in [-0.1, -0.05) is 30.3 Å². The quantitative estimate of drug-likeness (QED) is 0.909. The zero-order valence-corrected chi connectivity index (χ0v) is 14.1. The highest BCUT2D eigenvalue weighted by atomic mass is 16.1. The number of rotatable bonds is 3. The van der Waals surface area contributed by atoms with Crippen LogP contribution in [0.3, 0.4) is 0 Å². The monoisotopic (exact) mass is 326 g/mol. The van der Waals surface area contributed by atoms with Crippen molar-refractivity contribution in [3.8, 4) is 11.3 Å². The van der Waals surface area contributed by atoms with Gasteiger partial charge in [0.15, 0.2) is 0 Å². The van der Waals surface area contributed by atoms with Crippen LogP contribution in [0.5, 0.6) is 0 Å². The number of hydrogen-bond acceptors (Lipinski definition) is 3. The Morgan fingerprint density at radius 1 is 0.917 bits per heavy atom. The predicted molar refractivity (Wildman–Crippen MR) is 96.2 cm³/mol. The van der Waals surface area contributed by atoms with E-state index >= 15 is 0 Å². The van der Waals surface area contributed by atoms with Gasteiger partial charge >= 0.3 is 5.69 Å². The first-order valence-electron chi connectivity index (χ1n) is 9.12. The van der Waals surface area contributed by atoms with Gasteiger partial charge in [0.05, 0.1) is 5.69 Å². The molecule has 0 unspecified atom stereocenters. The maximum Gasteiger partial charge on any atom is 0.326 e. The Bertz CT molecular complexity index is 706. The molecule has 4 rings (SSSR count). The molecule has 0 bridgehead atoms. The molecule has 128 valence electrons. The van der Waals surface area contributed by atoms with Crippen molar-refractivity contribution in [3.63, 3.8) is 0 Å². The fourth-order valence-corrected chi connectivity index (χ4v) is 4.15. The number of imidazole rings is 1. The molecule has 2 aliphatic rings. The summed E-state index contributed by atoms with van der Waals surface area (Å²) in [5.41, 5.74) is 2.01. The van der Waals surface area contributed by atoms with Gasteiger partial charge in [0, 0.05) is 31.4 Å². The second kappa shape index (κ2) is 6.95. The third kappa shape index (κ3) is 3.19. The molecule has 3 heterocycles. The van der Waals surface area contributed by atoms with Gasteiger partial charge in [-0.2, -0.15) is 0 Å². The summed E-state index contributed by atoms with van der Waals surface area (Å²) in [5.74, 6) is 0. The van der Waals surface area contributed by atoms with Crippen LogP contribution in [0.2, 0.25) is 0 Å². The SMILES string of the molecule is O=c1[nH]c(-c2ccccc2)cn1C1CCN(C2CCNCC2)CC1. The molecule has 0 spiro atoms. The van der Waals surface area contributed by atoms with Crippen LogP contribution in [0, 0.1) is 0 Å². The van der Waals surface area contributed by atoms with E-state index in [0.717, 1.165) is 56.3 Å². The summed E-state index contributed by atoms with van der Waals surface area (Å²) in [6.07, 6.45) is 6.65. The number of H-pyrrole nitrogens is 1. The Morgan fingerprint density at radius 2 is 1.62 bits per heavy atom. The average molecular weight is 326 g/mol. The number of piperidine rings is 2. The maximum absolute atomic E-state index is 12.4. The highest BCUT2D eigenvalue weighted by molar-refractivity contribution is 5.57. The van der Waals surface area contributed by atoms with Crippen molar-refractivity contribution in [2.24, 2.45) is 0 Å². The summed E-state index contributed by atoms with van der Waals surface area (Å²) in [6.45, 7) is 4.49. The van der Waals surface area contributed by atoms with Gasteiger partial charge in [-0.25, -0.2) is 4.79 Å². The molecule has 2 aliphatic heterocycles. The van der Waals surface area contributed by atoms with Gasteiger partial charge in [0.25, 0.3) is 0 Å². The second-order valence-corrected chi connectivity index (χ2v) is 6.99. The molecule has 2 N–H and O–H groups in total. The topological polar surface area (TPSA) is 53.1 Å². The summed E-state index contributed by atoms with van der Waals surface area (Å²) >= 11 is 0. The standard InChI is InChI=1S/C19H26N4O/c24-19-21-18(15-4-2-1-3-5-15)14-23(19)17-8-12-22(13-9-17)16-6-10-20-11-7-16/h1-5,14,16-17,20H,6-13H2,(H,21,24). The lowest BCUT2D eigenvalue weighted by atomic mass is 9.98. The van der Waals surface area contributed by atoms with E-state index in [1.165, 1.54) is 12.8 Å². The van der Waals surface area contributed by atoms with Crippen LogP contribution in [0.4, 0.5) is 0 Å². The molecule has 0 aliphatic carbocycles. The lowest BCUT2D eigenvalue weighted by molar-refractivity contribution is 0.112. The molecule has 1 aromatic heterocycles. The maximum atomic E-state index is 12.4. The third-order valence-electron chi connectivity index (χ3n) is 5.55. The first kappa shape index (κ1) is 15.7. The van der Waals surface area contributed by atoms with E-state index in [4.69, 9.17) is 0 Å². The zero-order chi connectivity index (χ0) is 16.4. The Kier molecular flexibility index (Phi) is 4.54. The van der Waals surface area contributed by atoms with Crippen LogP contribution >= 0.6 is 0 Å². The molecular weight excluding hydrogens is 300 g/mol. The number of benzene rings is 1. The second-order valence-electron chi connectivity index (χ2n) is 6.99. The molecule has 24 heavy (non-hydrogen) atoms. The number of nitrogens with zero attached hydrogens (tertiary/aromatic N) is 2. The molecular formula is C19H26N4O. The van der Waals surface area contributed by atoms with Crippen molar-refractivity contribution in [2.75, 3.05) is 26.2 Å². The molecule has 2 fully saturated rings. The van der Waals surface area contributed by atoms with Crippen molar-refractivity contribution in [1.29, 1.82) is 0 Å². The van der Waals surface area contributed by atoms with Crippen LogP contribution in [0.25, 0.3) is 11.3 Å². The van der Waals surface area contributed by atoms with E-state index in [1.54, 1.807) is 0 Å². The van der Waals surface area contributed by atoms with E-state index in [0.29, 0.717) is 6.04 Å². The van der Waals surface area contributed by atoms with Gasteiger partial charge in [0.2, 0.25) is 0 Å². The molecule has 0 amide bonds. The van der Waals surface area contributed by atoms with Gasteiger partial charge in [-0.05, 0) is 44.3 Å². The molecule has 0 radical (unpaired) electrons. The van der Waals surface area contributed by atoms with Crippen LogP contribution in [-0.2, 0) is 0 Å². The van der Waals surface area contributed by atoms with Gasteiger partial charge < -0.3 is 15.2 Å². The lowest BCUT2D eigenvalue weighted by Gasteiger charge is -2.39. The Morgan fingerprint density at radius 3 is 2.33 bits per heavy atom. The average Bonchev–Trinajstić information content (AvgIpc) is 3.05. The number of nitrogens with one attached hydrogen (secondary N) is 2. The number of hydrogen-bond donors (Lipinski definition) is 2. The summed E-state index contributed by atoms with van der Waals surface area (Å²) in [4.78, 5) is 18.0. The minimum Gasteiger partial charge on any atom is -0.317 e. The molecule has 2 aromatic rings. The zero-order valence-electron chi connectivity index (χ0n) is 14.1. The third-order valence-corrected chi connectivity index (χ3v) is 5.55. The Labute approximate surface area is 142 Å². The summed E-state index contributed by atoms with van der Waals surface area (Å²) < 4.78 is 1.92. The van der Waals surface area contributed by atoms with Crippen molar-refractivity contribution >= 4 is 0 Å². The molecule has 5 heteroatoms.